The number of carbonyl (C=O) groups is 2. The topological polar surface area (TPSA) is 69.2 Å². The van der Waals surface area contributed by atoms with Gasteiger partial charge in [0, 0.05) is 6.42 Å². The molecule has 0 heterocycles. The molecule has 5 heteroatoms. The first-order valence-electron chi connectivity index (χ1n) is 10.6. The van der Waals surface area contributed by atoms with Gasteiger partial charge in [-0.15, -0.1) is 0 Å². The molecule has 0 bridgehead atoms. The maximum atomic E-state index is 11.5. The van der Waals surface area contributed by atoms with E-state index >= 15 is 0 Å². The van der Waals surface area contributed by atoms with Crippen LogP contribution in [0.2, 0.25) is 0 Å². The zero-order chi connectivity index (χ0) is 18.8. The summed E-state index contributed by atoms with van der Waals surface area (Å²) < 4.78 is 0. The molecular formula is C21H40KNO3. The number of unbranched alkanes of at least 4 members (excludes halogenated alkanes) is 14. The van der Waals surface area contributed by atoms with Crippen molar-refractivity contribution in [1.82, 2.24) is 5.32 Å². The molecule has 0 saturated heterocycles. The van der Waals surface area contributed by atoms with Gasteiger partial charge < -0.3 is 15.2 Å². The summed E-state index contributed by atoms with van der Waals surface area (Å²) in [6.07, 6.45) is 19.8. The minimum absolute atomic E-state index is 0. The number of carbonyl (C=O) groups excluding carboxylic acids is 2. The molecular weight excluding hydrogens is 353 g/mol. The first-order valence-corrected chi connectivity index (χ1v) is 10.6. The Bertz CT molecular complexity index is 337. The van der Waals surface area contributed by atoms with E-state index in [0.717, 1.165) is 12.8 Å². The summed E-state index contributed by atoms with van der Waals surface area (Å²) in [7, 11) is 0. The molecule has 0 radical (unpaired) electrons. The van der Waals surface area contributed by atoms with Crippen molar-refractivity contribution in [3.05, 3.63) is 0 Å². The van der Waals surface area contributed by atoms with E-state index in [-0.39, 0.29) is 57.3 Å². The van der Waals surface area contributed by atoms with Crippen LogP contribution in [0.4, 0.5) is 0 Å². The molecule has 0 aliphatic heterocycles. The van der Waals surface area contributed by atoms with Crippen LogP contribution in [0.3, 0.4) is 0 Å². The Morgan fingerprint density at radius 1 is 0.731 bits per heavy atom. The number of amides is 1. The van der Waals surface area contributed by atoms with Crippen molar-refractivity contribution in [2.45, 2.75) is 123 Å². The van der Waals surface area contributed by atoms with Gasteiger partial charge in [0.15, 0.2) is 0 Å². The average molecular weight is 394 g/mol. The molecule has 0 aromatic carbocycles. The molecule has 0 saturated carbocycles. The monoisotopic (exact) mass is 393 g/mol. The zero-order valence-electron chi connectivity index (χ0n) is 17.6. The minimum Gasteiger partial charge on any atom is -0.548 e. The van der Waals surface area contributed by atoms with Gasteiger partial charge in [0.25, 0.3) is 0 Å². The third kappa shape index (κ3) is 20.9. The van der Waals surface area contributed by atoms with Crippen molar-refractivity contribution < 1.29 is 66.1 Å². The molecule has 148 valence electrons. The summed E-state index contributed by atoms with van der Waals surface area (Å²) in [6, 6.07) is -0.899. The number of rotatable bonds is 18. The van der Waals surface area contributed by atoms with Gasteiger partial charge in [-0.1, -0.05) is 96.8 Å². The molecule has 26 heavy (non-hydrogen) atoms. The predicted octanol–water partition coefficient (Wildman–Crippen LogP) is 1.51. The quantitative estimate of drug-likeness (QED) is 0.283. The number of carboxylic acids is 1. The van der Waals surface area contributed by atoms with Crippen molar-refractivity contribution in [2.75, 3.05) is 0 Å². The van der Waals surface area contributed by atoms with Crippen LogP contribution in [0.5, 0.6) is 0 Å². The predicted molar refractivity (Wildman–Crippen MR) is 102 cm³/mol. The second-order valence-electron chi connectivity index (χ2n) is 7.31. The van der Waals surface area contributed by atoms with E-state index in [9.17, 15) is 14.7 Å². The van der Waals surface area contributed by atoms with Gasteiger partial charge in [-0.25, -0.2) is 0 Å². The van der Waals surface area contributed by atoms with Gasteiger partial charge in [-0.2, -0.15) is 0 Å². The Labute approximate surface area is 204 Å². The molecule has 0 aromatic rings. The van der Waals surface area contributed by atoms with Crippen molar-refractivity contribution in [3.63, 3.8) is 0 Å². The maximum absolute atomic E-state index is 11.5. The molecule has 1 amide bonds. The molecule has 0 aromatic heterocycles. The summed E-state index contributed by atoms with van der Waals surface area (Å²) in [6.45, 7) is 3.69. The van der Waals surface area contributed by atoms with E-state index in [0.29, 0.717) is 6.42 Å². The molecule has 0 unspecified atom stereocenters. The Hall–Kier alpha value is 0.576. The fourth-order valence-corrected chi connectivity index (χ4v) is 3.03. The summed E-state index contributed by atoms with van der Waals surface area (Å²) in [5.41, 5.74) is 0. The summed E-state index contributed by atoms with van der Waals surface area (Å²) in [4.78, 5) is 22.0. The van der Waals surface area contributed by atoms with E-state index in [1.165, 1.54) is 90.4 Å². The molecule has 0 aliphatic rings. The number of aliphatic carboxylic acids is 1. The molecule has 0 fully saturated rings. The summed E-state index contributed by atoms with van der Waals surface area (Å²) in [5, 5.41) is 12.9. The largest absolute Gasteiger partial charge is 1.00 e. The van der Waals surface area contributed by atoms with Gasteiger partial charge in [0.1, 0.15) is 0 Å². The third-order valence-corrected chi connectivity index (χ3v) is 4.74. The van der Waals surface area contributed by atoms with Crippen molar-refractivity contribution in [1.29, 1.82) is 0 Å². The smallest absolute Gasteiger partial charge is 0.548 e. The van der Waals surface area contributed by atoms with Crippen LogP contribution in [0, 0.1) is 0 Å². The molecule has 0 aliphatic carbocycles. The van der Waals surface area contributed by atoms with E-state index in [2.05, 4.69) is 12.2 Å². The number of hydrogen-bond donors (Lipinski definition) is 1. The van der Waals surface area contributed by atoms with Crippen LogP contribution in [-0.4, -0.2) is 17.9 Å². The minimum atomic E-state index is -1.23. The molecule has 0 spiro atoms. The molecule has 1 N–H and O–H groups in total. The molecule has 1 atom stereocenters. The van der Waals surface area contributed by atoms with Crippen molar-refractivity contribution in [2.24, 2.45) is 0 Å². The van der Waals surface area contributed by atoms with E-state index in [1.54, 1.807) is 0 Å². The molecule has 0 rings (SSSR count). The van der Waals surface area contributed by atoms with Gasteiger partial charge in [0.05, 0.1) is 12.0 Å². The normalized spacial score (nSPS) is 11.6. The van der Waals surface area contributed by atoms with Crippen molar-refractivity contribution >= 4 is 11.9 Å². The maximum Gasteiger partial charge on any atom is 1.00 e. The Kier molecular flexibility index (Phi) is 24.2. The van der Waals surface area contributed by atoms with Gasteiger partial charge in [-0.05, 0) is 13.3 Å². The fourth-order valence-electron chi connectivity index (χ4n) is 3.03. The van der Waals surface area contributed by atoms with Gasteiger partial charge in [-0.3, -0.25) is 4.79 Å². The first kappa shape index (κ1) is 28.8. The Morgan fingerprint density at radius 3 is 1.42 bits per heavy atom. The number of nitrogens with one attached hydrogen (secondary N) is 1. The fraction of sp³-hybridized carbons (Fsp3) is 0.905. The second kappa shape index (κ2) is 21.9. The van der Waals surface area contributed by atoms with Gasteiger partial charge in [0.2, 0.25) is 5.91 Å². The van der Waals surface area contributed by atoms with Gasteiger partial charge >= 0.3 is 51.4 Å². The van der Waals surface area contributed by atoms with Crippen molar-refractivity contribution in [3.8, 4) is 0 Å². The van der Waals surface area contributed by atoms with Crippen LogP contribution < -0.4 is 61.8 Å². The van der Waals surface area contributed by atoms with Crippen LogP contribution in [0.25, 0.3) is 0 Å². The standard InChI is InChI=1S/C21H41NO3.K/c1-3-4-5-6-7-8-9-10-11-12-13-14-15-16-17-18-20(23)22-19(2)21(24)25;/h19H,3-18H2,1-2H3,(H,22,23)(H,24,25);/q;+1/p-1/t19-;/m0./s1. The zero-order valence-corrected chi connectivity index (χ0v) is 20.7. The first-order chi connectivity index (χ1) is 12.1. The van der Waals surface area contributed by atoms with Crippen LogP contribution >= 0.6 is 0 Å². The average Bonchev–Trinajstić information content (AvgIpc) is 2.58. The number of hydrogen-bond acceptors (Lipinski definition) is 3. The third-order valence-electron chi connectivity index (χ3n) is 4.74. The summed E-state index contributed by atoms with van der Waals surface area (Å²) in [5.74, 6) is -1.42. The van der Waals surface area contributed by atoms with E-state index < -0.39 is 12.0 Å². The van der Waals surface area contributed by atoms with Crippen LogP contribution in [0.1, 0.15) is 117 Å². The SMILES string of the molecule is CCCCCCCCCCCCCCCCCC(=O)N[C@@H](C)C(=O)[O-].[K+]. The molecule has 4 nitrogen and oxygen atoms in total. The van der Waals surface area contributed by atoms with E-state index in [1.807, 2.05) is 0 Å². The van der Waals surface area contributed by atoms with Crippen LogP contribution in [0.15, 0.2) is 0 Å². The van der Waals surface area contributed by atoms with Crippen LogP contribution in [-0.2, 0) is 9.59 Å². The Balaban J connectivity index is 0. The Morgan fingerprint density at radius 2 is 1.08 bits per heavy atom. The number of carboxylic acid groups (broad SMARTS) is 1. The van der Waals surface area contributed by atoms with E-state index in [4.69, 9.17) is 0 Å². The summed E-state index contributed by atoms with van der Waals surface area (Å²) >= 11 is 0. The second-order valence-corrected chi connectivity index (χ2v) is 7.31.